The van der Waals surface area contributed by atoms with Gasteiger partial charge in [0.1, 0.15) is 13.2 Å². The van der Waals surface area contributed by atoms with E-state index in [4.69, 9.17) is 14.5 Å². The van der Waals surface area contributed by atoms with E-state index in [0.29, 0.717) is 36.2 Å². The van der Waals surface area contributed by atoms with E-state index in [2.05, 4.69) is 4.90 Å². The maximum absolute atomic E-state index is 13.7. The Morgan fingerprint density at radius 2 is 1.72 bits per heavy atom. The zero-order valence-corrected chi connectivity index (χ0v) is 19.5. The van der Waals surface area contributed by atoms with E-state index < -0.39 is 0 Å². The van der Waals surface area contributed by atoms with E-state index in [1.807, 2.05) is 68.7 Å². The predicted molar refractivity (Wildman–Crippen MR) is 132 cm³/mol. The Morgan fingerprint density at radius 3 is 2.50 bits per heavy atom. The number of rotatable bonds is 5. The van der Waals surface area contributed by atoms with Gasteiger partial charge in [0, 0.05) is 30.8 Å². The van der Waals surface area contributed by atoms with Crippen LogP contribution in [0, 0.1) is 0 Å². The molecule has 1 aromatic heterocycles. The lowest BCUT2D eigenvalue weighted by Crippen LogP contribution is -2.36. The van der Waals surface area contributed by atoms with Crippen molar-refractivity contribution in [2.75, 3.05) is 45.3 Å². The number of aromatic nitrogens is 1. The van der Waals surface area contributed by atoms with E-state index in [-0.39, 0.29) is 18.3 Å². The van der Waals surface area contributed by atoms with Crippen LogP contribution in [0.1, 0.15) is 10.4 Å². The average molecular weight is 470 g/mol. The number of halogens is 1. The lowest BCUT2D eigenvalue weighted by Gasteiger charge is -2.22. The molecule has 1 amide bonds. The molecule has 166 valence electrons. The smallest absolute Gasteiger partial charge is 0.260 e. The number of nitrogens with zero attached hydrogens (tertiary/aromatic N) is 3. The Balaban J connectivity index is 0.00000245. The molecule has 0 bridgehead atoms. The van der Waals surface area contributed by atoms with E-state index in [9.17, 15) is 4.79 Å². The Kier molecular flexibility index (Phi) is 6.50. The van der Waals surface area contributed by atoms with Crippen molar-refractivity contribution in [2.24, 2.45) is 0 Å². The third-order valence-electron chi connectivity index (χ3n) is 5.31. The first-order chi connectivity index (χ1) is 15.1. The molecule has 1 aliphatic heterocycles. The number of thiazole rings is 1. The van der Waals surface area contributed by atoms with Crippen LogP contribution in [0.3, 0.4) is 0 Å². The SMILES string of the molecule is CN(C)CCN(C(=O)c1cccc2ccccc12)c1nc2cc3c(cc2s1)OCCO3.Cl. The third-order valence-corrected chi connectivity index (χ3v) is 6.35. The summed E-state index contributed by atoms with van der Waals surface area (Å²) in [6.07, 6.45) is 0. The minimum Gasteiger partial charge on any atom is -0.486 e. The Bertz CT molecular complexity index is 1230. The molecule has 0 saturated heterocycles. The molecule has 4 aromatic rings. The summed E-state index contributed by atoms with van der Waals surface area (Å²) in [4.78, 5) is 22.4. The number of ether oxygens (including phenoxy) is 2. The number of hydrogen-bond donors (Lipinski definition) is 0. The van der Waals surface area contributed by atoms with Gasteiger partial charge in [0.25, 0.3) is 5.91 Å². The number of carbonyl (C=O) groups excluding carboxylic acids is 1. The minimum atomic E-state index is -0.0463. The van der Waals surface area contributed by atoms with Crippen molar-refractivity contribution in [3.63, 3.8) is 0 Å². The van der Waals surface area contributed by atoms with Gasteiger partial charge in [-0.25, -0.2) is 4.98 Å². The molecule has 0 radical (unpaired) electrons. The zero-order valence-electron chi connectivity index (χ0n) is 17.9. The summed E-state index contributed by atoms with van der Waals surface area (Å²) in [7, 11) is 4.00. The van der Waals surface area contributed by atoms with Crippen LogP contribution in [-0.4, -0.2) is 56.2 Å². The normalized spacial score (nSPS) is 12.7. The number of likely N-dealkylation sites (N-methyl/N-ethyl adjacent to an activating group) is 1. The van der Waals surface area contributed by atoms with Crippen molar-refractivity contribution in [1.29, 1.82) is 0 Å². The monoisotopic (exact) mass is 469 g/mol. The van der Waals surface area contributed by atoms with Crippen LogP contribution in [0.5, 0.6) is 11.5 Å². The van der Waals surface area contributed by atoms with Gasteiger partial charge >= 0.3 is 0 Å². The molecular weight excluding hydrogens is 446 g/mol. The summed E-state index contributed by atoms with van der Waals surface area (Å²) in [5, 5.41) is 2.67. The summed E-state index contributed by atoms with van der Waals surface area (Å²) in [6.45, 7) is 2.35. The van der Waals surface area contributed by atoms with Crippen molar-refractivity contribution in [2.45, 2.75) is 0 Å². The molecule has 0 atom stereocenters. The first-order valence-corrected chi connectivity index (χ1v) is 11.1. The first-order valence-electron chi connectivity index (χ1n) is 10.2. The number of amides is 1. The van der Waals surface area contributed by atoms with E-state index in [1.54, 1.807) is 4.90 Å². The molecule has 6 nitrogen and oxygen atoms in total. The van der Waals surface area contributed by atoms with E-state index in [1.165, 1.54) is 11.3 Å². The van der Waals surface area contributed by atoms with Gasteiger partial charge in [-0.2, -0.15) is 0 Å². The maximum atomic E-state index is 13.7. The predicted octanol–water partition coefficient (Wildman–Crippen LogP) is 4.85. The van der Waals surface area contributed by atoms with Crippen LogP contribution in [0.25, 0.3) is 21.0 Å². The van der Waals surface area contributed by atoms with Crippen molar-refractivity contribution < 1.29 is 14.3 Å². The standard InChI is InChI=1S/C24H23N3O3S.ClH/c1-26(2)10-11-27(23(28)18-9-5-7-16-6-3-4-8-17(16)18)24-25-19-14-20-21(15-22(19)31-24)30-13-12-29-20;/h3-9,14-15H,10-13H2,1-2H3;1H. The number of anilines is 1. The minimum absolute atomic E-state index is 0. The van der Waals surface area contributed by atoms with Crippen molar-refractivity contribution >= 4 is 55.8 Å². The van der Waals surface area contributed by atoms with Crippen molar-refractivity contribution in [3.8, 4) is 11.5 Å². The van der Waals surface area contributed by atoms with Crippen LogP contribution < -0.4 is 14.4 Å². The van der Waals surface area contributed by atoms with Gasteiger partial charge in [0.05, 0.1) is 10.2 Å². The molecule has 0 aliphatic carbocycles. The fourth-order valence-corrected chi connectivity index (χ4v) is 4.71. The van der Waals surface area contributed by atoms with Crippen LogP contribution in [0.15, 0.2) is 54.6 Å². The first kappa shape index (κ1) is 22.3. The molecule has 0 unspecified atom stereocenters. The van der Waals surface area contributed by atoms with Gasteiger partial charge in [-0.1, -0.05) is 47.7 Å². The number of hydrogen-bond acceptors (Lipinski definition) is 6. The van der Waals surface area contributed by atoms with Crippen LogP contribution >= 0.6 is 23.7 Å². The van der Waals surface area contributed by atoms with Gasteiger partial charge in [-0.05, 0) is 30.9 Å². The fourth-order valence-electron chi connectivity index (χ4n) is 3.71. The lowest BCUT2D eigenvalue weighted by atomic mass is 10.0. The van der Waals surface area contributed by atoms with Crippen LogP contribution in [0.2, 0.25) is 0 Å². The highest BCUT2D eigenvalue weighted by Gasteiger charge is 2.24. The van der Waals surface area contributed by atoms with Crippen molar-refractivity contribution in [3.05, 3.63) is 60.2 Å². The lowest BCUT2D eigenvalue weighted by molar-refractivity contribution is 0.0987. The number of carbonyl (C=O) groups is 1. The van der Waals surface area contributed by atoms with Gasteiger partial charge in [0.2, 0.25) is 0 Å². The number of fused-ring (bicyclic) bond motifs is 3. The maximum Gasteiger partial charge on any atom is 0.260 e. The molecule has 3 aromatic carbocycles. The van der Waals surface area contributed by atoms with Gasteiger partial charge < -0.3 is 14.4 Å². The van der Waals surface area contributed by atoms with E-state index >= 15 is 0 Å². The Morgan fingerprint density at radius 1 is 1.00 bits per heavy atom. The summed E-state index contributed by atoms with van der Waals surface area (Å²) in [6, 6.07) is 17.7. The second-order valence-electron chi connectivity index (χ2n) is 7.75. The van der Waals surface area contributed by atoms with Gasteiger partial charge in [0.15, 0.2) is 16.6 Å². The molecule has 1 aliphatic rings. The summed E-state index contributed by atoms with van der Waals surface area (Å²) in [5.74, 6) is 1.39. The highest BCUT2D eigenvalue weighted by molar-refractivity contribution is 7.22. The molecule has 0 spiro atoms. The van der Waals surface area contributed by atoms with E-state index in [0.717, 1.165) is 33.3 Å². The molecule has 2 heterocycles. The molecule has 0 fully saturated rings. The Hall–Kier alpha value is -2.87. The Labute approximate surface area is 196 Å². The molecule has 32 heavy (non-hydrogen) atoms. The highest BCUT2D eigenvalue weighted by Crippen LogP contribution is 2.39. The molecular formula is C24H24ClN3O3S. The molecule has 8 heteroatoms. The van der Waals surface area contributed by atoms with Crippen molar-refractivity contribution in [1.82, 2.24) is 9.88 Å². The molecule has 0 N–H and O–H groups in total. The molecule has 0 saturated carbocycles. The topological polar surface area (TPSA) is 54.9 Å². The molecule has 5 rings (SSSR count). The van der Waals surface area contributed by atoms with Gasteiger partial charge in [-0.3, -0.25) is 9.69 Å². The zero-order chi connectivity index (χ0) is 21.4. The summed E-state index contributed by atoms with van der Waals surface area (Å²) >= 11 is 1.50. The van der Waals surface area contributed by atoms with Crippen LogP contribution in [-0.2, 0) is 0 Å². The summed E-state index contributed by atoms with van der Waals surface area (Å²) < 4.78 is 12.4. The summed E-state index contributed by atoms with van der Waals surface area (Å²) in [5.41, 5.74) is 1.49. The van der Waals surface area contributed by atoms with Crippen LogP contribution in [0.4, 0.5) is 5.13 Å². The second-order valence-corrected chi connectivity index (χ2v) is 8.76. The quantitative estimate of drug-likeness (QED) is 0.418. The average Bonchev–Trinajstić information content (AvgIpc) is 3.19. The third kappa shape index (κ3) is 4.24. The van der Waals surface area contributed by atoms with Gasteiger partial charge in [-0.15, -0.1) is 12.4 Å². The highest BCUT2D eigenvalue weighted by atomic mass is 35.5. The second kappa shape index (κ2) is 9.32. The largest absolute Gasteiger partial charge is 0.486 e. The number of benzene rings is 3. The fraction of sp³-hybridized carbons (Fsp3) is 0.250.